The largest absolute Gasteiger partial charge is 0.489 e. The third-order valence-corrected chi connectivity index (χ3v) is 3.39. The summed E-state index contributed by atoms with van der Waals surface area (Å²) in [6.07, 6.45) is 0. The van der Waals surface area contributed by atoms with E-state index in [-0.39, 0.29) is 6.04 Å². The first-order chi connectivity index (χ1) is 8.72. The van der Waals surface area contributed by atoms with Gasteiger partial charge >= 0.3 is 0 Å². The lowest BCUT2D eigenvalue weighted by molar-refractivity contribution is 0.286. The standard InChI is InChI=1S/C15H14ClNO/c1-10-2-7-15-13(8-10)17-14(9-18-15)11-3-5-12(16)6-4-11/h2-8,14,17H,9H2,1H3/t14-/m1/s1. The molecule has 1 aliphatic rings. The van der Waals surface area contributed by atoms with Gasteiger partial charge in [-0.3, -0.25) is 0 Å². The summed E-state index contributed by atoms with van der Waals surface area (Å²) in [4.78, 5) is 0. The van der Waals surface area contributed by atoms with Gasteiger partial charge in [-0.15, -0.1) is 0 Å². The molecule has 0 aromatic heterocycles. The first kappa shape index (κ1) is 11.4. The van der Waals surface area contributed by atoms with E-state index in [2.05, 4.69) is 24.4 Å². The molecule has 1 heterocycles. The van der Waals surface area contributed by atoms with Crippen LogP contribution >= 0.6 is 11.6 Å². The van der Waals surface area contributed by atoms with Gasteiger partial charge in [0, 0.05) is 5.02 Å². The lowest BCUT2D eigenvalue weighted by Crippen LogP contribution is -2.23. The summed E-state index contributed by atoms with van der Waals surface area (Å²) in [6, 6.07) is 14.2. The zero-order valence-electron chi connectivity index (χ0n) is 10.1. The molecule has 0 bridgehead atoms. The highest BCUT2D eigenvalue weighted by atomic mass is 35.5. The predicted octanol–water partition coefficient (Wildman–Crippen LogP) is 4.19. The van der Waals surface area contributed by atoms with Crippen molar-refractivity contribution in [1.82, 2.24) is 0 Å². The van der Waals surface area contributed by atoms with Crippen molar-refractivity contribution in [2.75, 3.05) is 11.9 Å². The third kappa shape index (κ3) is 2.16. The van der Waals surface area contributed by atoms with Crippen LogP contribution < -0.4 is 10.1 Å². The molecule has 2 nitrogen and oxygen atoms in total. The Balaban J connectivity index is 1.88. The average molecular weight is 260 g/mol. The number of hydrogen-bond acceptors (Lipinski definition) is 2. The third-order valence-electron chi connectivity index (χ3n) is 3.14. The molecule has 3 heteroatoms. The summed E-state index contributed by atoms with van der Waals surface area (Å²) in [6.45, 7) is 2.71. The van der Waals surface area contributed by atoms with Gasteiger partial charge in [-0.1, -0.05) is 29.8 Å². The number of ether oxygens (including phenoxy) is 1. The van der Waals surface area contributed by atoms with Crippen molar-refractivity contribution in [2.24, 2.45) is 0 Å². The molecule has 0 saturated heterocycles. The molecule has 92 valence electrons. The van der Waals surface area contributed by atoms with Crippen LogP contribution in [0.3, 0.4) is 0 Å². The minimum absolute atomic E-state index is 0.177. The van der Waals surface area contributed by atoms with Crippen LogP contribution in [0, 0.1) is 6.92 Å². The molecular weight excluding hydrogens is 246 g/mol. The highest BCUT2D eigenvalue weighted by Gasteiger charge is 2.20. The summed E-state index contributed by atoms with van der Waals surface area (Å²) in [5.74, 6) is 0.922. The molecule has 1 atom stereocenters. The number of anilines is 1. The van der Waals surface area contributed by atoms with E-state index in [0.29, 0.717) is 6.61 Å². The van der Waals surface area contributed by atoms with Gasteiger partial charge in [0.25, 0.3) is 0 Å². The topological polar surface area (TPSA) is 21.3 Å². The number of hydrogen-bond donors (Lipinski definition) is 1. The fourth-order valence-corrected chi connectivity index (χ4v) is 2.29. The van der Waals surface area contributed by atoms with Crippen LogP contribution in [-0.4, -0.2) is 6.61 Å². The van der Waals surface area contributed by atoms with Crippen LogP contribution in [0.2, 0.25) is 5.02 Å². The summed E-state index contributed by atoms with van der Waals surface area (Å²) < 4.78 is 5.78. The number of fused-ring (bicyclic) bond motifs is 1. The maximum Gasteiger partial charge on any atom is 0.142 e. The second kappa shape index (κ2) is 4.54. The monoisotopic (exact) mass is 259 g/mol. The molecule has 0 unspecified atom stereocenters. The zero-order valence-corrected chi connectivity index (χ0v) is 10.9. The number of aryl methyl sites for hydroxylation is 1. The Morgan fingerprint density at radius 3 is 2.72 bits per heavy atom. The van der Waals surface area contributed by atoms with E-state index >= 15 is 0 Å². The SMILES string of the molecule is Cc1ccc2c(c1)N[C@@H](c1ccc(Cl)cc1)CO2. The molecule has 18 heavy (non-hydrogen) atoms. The second-order valence-corrected chi connectivity index (χ2v) is 5.00. The quantitative estimate of drug-likeness (QED) is 0.829. The number of halogens is 1. The van der Waals surface area contributed by atoms with Gasteiger partial charge in [-0.05, 0) is 42.3 Å². The van der Waals surface area contributed by atoms with Crippen molar-refractivity contribution in [1.29, 1.82) is 0 Å². The van der Waals surface area contributed by atoms with Crippen molar-refractivity contribution in [3.05, 3.63) is 58.6 Å². The van der Waals surface area contributed by atoms with E-state index in [1.165, 1.54) is 11.1 Å². The van der Waals surface area contributed by atoms with Crippen LogP contribution in [0.15, 0.2) is 42.5 Å². The number of benzene rings is 2. The first-order valence-corrected chi connectivity index (χ1v) is 6.35. The van der Waals surface area contributed by atoms with Gasteiger partial charge in [0.1, 0.15) is 12.4 Å². The van der Waals surface area contributed by atoms with Crippen LogP contribution in [-0.2, 0) is 0 Å². The van der Waals surface area contributed by atoms with Crippen molar-refractivity contribution in [2.45, 2.75) is 13.0 Å². The maximum absolute atomic E-state index is 5.90. The van der Waals surface area contributed by atoms with E-state index in [4.69, 9.17) is 16.3 Å². The van der Waals surface area contributed by atoms with Crippen molar-refractivity contribution in [3.8, 4) is 5.75 Å². The Kier molecular flexibility index (Phi) is 2.88. The van der Waals surface area contributed by atoms with Gasteiger partial charge in [-0.2, -0.15) is 0 Å². The number of nitrogens with one attached hydrogen (secondary N) is 1. The average Bonchev–Trinajstić information content (AvgIpc) is 2.38. The van der Waals surface area contributed by atoms with Crippen LogP contribution in [0.4, 0.5) is 5.69 Å². The fraction of sp³-hybridized carbons (Fsp3) is 0.200. The van der Waals surface area contributed by atoms with E-state index in [1.54, 1.807) is 0 Å². The maximum atomic E-state index is 5.90. The Morgan fingerprint density at radius 2 is 1.94 bits per heavy atom. The van der Waals surface area contributed by atoms with Crippen molar-refractivity contribution >= 4 is 17.3 Å². The van der Waals surface area contributed by atoms with Gasteiger partial charge in [-0.25, -0.2) is 0 Å². The lowest BCUT2D eigenvalue weighted by Gasteiger charge is -2.28. The Hall–Kier alpha value is -1.67. The summed E-state index contributed by atoms with van der Waals surface area (Å²) >= 11 is 5.90. The molecule has 0 aliphatic carbocycles. The molecule has 2 aromatic carbocycles. The smallest absolute Gasteiger partial charge is 0.142 e. The van der Waals surface area contributed by atoms with Gasteiger partial charge in [0.15, 0.2) is 0 Å². The Bertz CT molecular complexity index is 565. The Labute approximate surface area is 112 Å². The van der Waals surface area contributed by atoms with E-state index in [0.717, 1.165) is 16.5 Å². The second-order valence-electron chi connectivity index (χ2n) is 4.56. The van der Waals surface area contributed by atoms with Crippen LogP contribution in [0.25, 0.3) is 0 Å². The van der Waals surface area contributed by atoms with Crippen LogP contribution in [0.5, 0.6) is 5.75 Å². The van der Waals surface area contributed by atoms with Gasteiger partial charge in [0.05, 0.1) is 11.7 Å². The van der Waals surface area contributed by atoms with Crippen LogP contribution in [0.1, 0.15) is 17.2 Å². The van der Waals surface area contributed by atoms with Crippen molar-refractivity contribution < 1.29 is 4.74 Å². The van der Waals surface area contributed by atoms with Crippen molar-refractivity contribution in [3.63, 3.8) is 0 Å². The molecule has 1 N–H and O–H groups in total. The first-order valence-electron chi connectivity index (χ1n) is 5.98. The highest BCUT2D eigenvalue weighted by molar-refractivity contribution is 6.30. The molecule has 2 aromatic rings. The summed E-state index contributed by atoms with van der Waals surface area (Å²) in [5, 5.41) is 4.26. The van der Waals surface area contributed by atoms with E-state index in [1.807, 2.05) is 30.3 Å². The van der Waals surface area contributed by atoms with E-state index < -0.39 is 0 Å². The summed E-state index contributed by atoms with van der Waals surface area (Å²) in [5.41, 5.74) is 3.47. The fourth-order valence-electron chi connectivity index (χ4n) is 2.16. The minimum atomic E-state index is 0.177. The molecule has 0 fully saturated rings. The summed E-state index contributed by atoms with van der Waals surface area (Å²) in [7, 11) is 0. The normalized spacial score (nSPS) is 17.6. The van der Waals surface area contributed by atoms with Gasteiger partial charge in [0.2, 0.25) is 0 Å². The molecule has 0 radical (unpaired) electrons. The highest BCUT2D eigenvalue weighted by Crippen LogP contribution is 2.34. The molecule has 0 amide bonds. The van der Waals surface area contributed by atoms with E-state index in [9.17, 15) is 0 Å². The zero-order chi connectivity index (χ0) is 12.5. The predicted molar refractivity (Wildman–Crippen MR) is 74.5 cm³/mol. The molecule has 0 saturated carbocycles. The lowest BCUT2D eigenvalue weighted by atomic mass is 10.1. The Morgan fingerprint density at radius 1 is 1.17 bits per heavy atom. The molecule has 1 aliphatic heterocycles. The molecule has 3 rings (SSSR count). The van der Waals surface area contributed by atoms with Gasteiger partial charge < -0.3 is 10.1 Å². The molecular formula is C15H14ClNO. The number of rotatable bonds is 1. The minimum Gasteiger partial charge on any atom is -0.489 e. The molecule has 0 spiro atoms.